The summed E-state index contributed by atoms with van der Waals surface area (Å²) < 4.78 is 5.87. The van der Waals surface area contributed by atoms with Crippen LogP contribution in [-0.2, 0) is 19.1 Å². The van der Waals surface area contributed by atoms with Gasteiger partial charge in [0.2, 0.25) is 11.8 Å². The van der Waals surface area contributed by atoms with E-state index in [9.17, 15) is 19.2 Å². The zero-order valence-corrected chi connectivity index (χ0v) is 16.3. The van der Waals surface area contributed by atoms with Gasteiger partial charge >= 0.3 is 5.97 Å². The molecular weight excluding hydrogens is 414 g/mol. The summed E-state index contributed by atoms with van der Waals surface area (Å²) in [6.07, 6.45) is 2.96. The second-order valence-electron chi connectivity index (χ2n) is 7.55. The van der Waals surface area contributed by atoms with Crippen molar-refractivity contribution in [3.63, 3.8) is 0 Å². The van der Waals surface area contributed by atoms with Crippen molar-refractivity contribution in [3.05, 3.63) is 34.3 Å². The molecule has 0 radical (unpaired) electrons. The van der Waals surface area contributed by atoms with Crippen molar-refractivity contribution in [2.24, 2.45) is 23.7 Å². The van der Waals surface area contributed by atoms with Gasteiger partial charge in [-0.2, -0.15) is 0 Å². The third-order valence-electron chi connectivity index (χ3n) is 6.09. The molecule has 1 saturated heterocycles. The maximum atomic E-state index is 12.6. The Balaban J connectivity index is 1.27. The van der Waals surface area contributed by atoms with Gasteiger partial charge in [0.1, 0.15) is 0 Å². The minimum atomic E-state index is -0.582. The van der Waals surface area contributed by atoms with Gasteiger partial charge in [-0.05, 0) is 43.2 Å². The smallest absolute Gasteiger partial charge is 0.308 e. The van der Waals surface area contributed by atoms with Crippen LogP contribution < -0.4 is 0 Å². The van der Waals surface area contributed by atoms with Gasteiger partial charge in [-0.25, -0.2) is 0 Å². The van der Waals surface area contributed by atoms with E-state index in [-0.39, 0.29) is 49.0 Å². The predicted molar refractivity (Wildman–Crippen MR) is 98.6 cm³/mol. The second-order valence-corrected chi connectivity index (χ2v) is 8.47. The molecule has 0 aromatic heterocycles. The van der Waals surface area contributed by atoms with Crippen molar-refractivity contribution in [2.45, 2.75) is 25.7 Å². The number of carbonyl (C=O) groups excluding carboxylic acids is 4. The monoisotopic (exact) mass is 433 g/mol. The van der Waals surface area contributed by atoms with Crippen molar-refractivity contribution in [1.82, 2.24) is 4.90 Å². The van der Waals surface area contributed by atoms with Gasteiger partial charge < -0.3 is 4.74 Å². The van der Waals surface area contributed by atoms with E-state index in [0.29, 0.717) is 17.4 Å². The first-order chi connectivity index (χ1) is 13.0. The number of nitrogens with zero attached hydrogens (tertiary/aromatic N) is 1. The Bertz CT molecular complexity index is 777. The number of esters is 1. The number of fused-ring (bicyclic) bond motifs is 5. The van der Waals surface area contributed by atoms with Crippen molar-refractivity contribution < 1.29 is 23.9 Å². The van der Waals surface area contributed by atoms with Crippen LogP contribution in [0.4, 0.5) is 0 Å². The molecule has 2 aliphatic carbocycles. The molecule has 1 aromatic rings. The lowest BCUT2D eigenvalue weighted by Crippen LogP contribution is -2.35. The molecule has 1 aliphatic heterocycles. The van der Waals surface area contributed by atoms with Gasteiger partial charge in [-0.1, -0.05) is 28.1 Å². The summed E-state index contributed by atoms with van der Waals surface area (Å²) in [6.45, 7) is -0.312. The highest BCUT2D eigenvalue weighted by molar-refractivity contribution is 9.10. The number of carbonyl (C=O) groups is 4. The molecule has 6 nitrogen and oxygen atoms in total. The van der Waals surface area contributed by atoms with Crippen molar-refractivity contribution in [2.75, 3.05) is 13.2 Å². The quantitative estimate of drug-likeness (QED) is 0.391. The average Bonchev–Trinajstić information content (AvgIpc) is 3.33. The van der Waals surface area contributed by atoms with Crippen LogP contribution >= 0.6 is 15.9 Å². The molecule has 1 heterocycles. The standard InChI is InChI=1S/C20H20BrNO5/c21-14-5-3-11(4-6-14)15(23)10-27-16(24)7-8-22-19(25)17-12-1-2-13(9-12)18(17)20(22)26/h3-6,12-13,17-18H,1-2,7-10H2/t12-,13+,17-,18-/m0/s1. The zero-order chi connectivity index (χ0) is 19.1. The number of hydrogen-bond acceptors (Lipinski definition) is 5. The maximum Gasteiger partial charge on any atom is 0.308 e. The molecule has 1 aromatic carbocycles. The van der Waals surface area contributed by atoms with E-state index in [1.165, 1.54) is 4.90 Å². The number of Topliss-reactive ketones (excluding diaryl/α,β-unsaturated/α-hetero) is 1. The van der Waals surface area contributed by atoms with Gasteiger partial charge in [-0.3, -0.25) is 24.1 Å². The molecule has 2 bridgehead atoms. The maximum absolute atomic E-state index is 12.6. The average molecular weight is 434 g/mol. The molecule has 3 fully saturated rings. The van der Waals surface area contributed by atoms with Crippen molar-refractivity contribution in [3.8, 4) is 0 Å². The van der Waals surface area contributed by atoms with Crippen molar-refractivity contribution >= 4 is 39.5 Å². The Labute approximate surface area is 165 Å². The summed E-state index contributed by atoms with van der Waals surface area (Å²) in [5.41, 5.74) is 0.458. The first-order valence-electron chi connectivity index (χ1n) is 9.25. The number of hydrogen-bond donors (Lipinski definition) is 0. The van der Waals surface area contributed by atoms with E-state index in [1.807, 2.05) is 0 Å². The SMILES string of the molecule is O=C(CCN1C(=O)[C@H]2[C@@H]3CC[C@@H](C3)[C@@H]2C1=O)OCC(=O)c1ccc(Br)cc1. The lowest BCUT2D eigenvalue weighted by atomic mass is 9.81. The van der Waals surface area contributed by atoms with E-state index >= 15 is 0 Å². The van der Waals surface area contributed by atoms with Crippen LogP contribution in [0.1, 0.15) is 36.0 Å². The molecular formula is C20H20BrNO5. The molecule has 27 heavy (non-hydrogen) atoms. The Morgan fingerprint density at radius 3 is 2.22 bits per heavy atom. The topological polar surface area (TPSA) is 80.8 Å². The fourth-order valence-corrected chi connectivity index (χ4v) is 5.10. The van der Waals surface area contributed by atoms with Gasteiger partial charge in [0.25, 0.3) is 0 Å². The molecule has 142 valence electrons. The van der Waals surface area contributed by atoms with Gasteiger partial charge in [-0.15, -0.1) is 0 Å². The summed E-state index contributed by atoms with van der Waals surface area (Å²) >= 11 is 3.29. The molecule has 3 aliphatic rings. The van der Waals surface area contributed by atoms with E-state index < -0.39 is 5.97 Å². The molecule has 0 spiro atoms. The van der Waals surface area contributed by atoms with Crippen LogP contribution in [0.5, 0.6) is 0 Å². The largest absolute Gasteiger partial charge is 0.457 e. The number of ether oxygens (including phenoxy) is 1. The minimum absolute atomic E-state index is 0.0371. The number of benzene rings is 1. The third kappa shape index (κ3) is 3.33. The molecule has 0 unspecified atom stereocenters. The summed E-state index contributed by atoms with van der Waals surface area (Å²) in [6, 6.07) is 6.77. The van der Waals surface area contributed by atoms with Crippen LogP contribution in [0.15, 0.2) is 28.7 Å². The van der Waals surface area contributed by atoms with Crippen LogP contribution in [-0.4, -0.2) is 41.6 Å². The van der Waals surface area contributed by atoms with E-state index in [2.05, 4.69) is 15.9 Å². The molecule has 2 saturated carbocycles. The van der Waals surface area contributed by atoms with Gasteiger partial charge in [0.15, 0.2) is 12.4 Å². The Kier molecular flexibility index (Phi) is 4.88. The molecule has 0 N–H and O–H groups in total. The van der Waals surface area contributed by atoms with Crippen LogP contribution in [0, 0.1) is 23.7 Å². The molecule has 2 amide bonds. The lowest BCUT2D eigenvalue weighted by molar-refractivity contribution is -0.145. The second kappa shape index (κ2) is 7.19. The number of likely N-dealkylation sites (tertiary alicyclic amines) is 1. The predicted octanol–water partition coefficient (Wildman–Crippen LogP) is 2.60. The molecule has 4 atom stereocenters. The van der Waals surface area contributed by atoms with Crippen molar-refractivity contribution in [1.29, 1.82) is 0 Å². The summed E-state index contributed by atoms with van der Waals surface area (Å²) in [5, 5.41) is 0. The third-order valence-corrected chi connectivity index (χ3v) is 6.62. The van der Waals surface area contributed by atoms with Gasteiger partial charge in [0, 0.05) is 16.6 Å². The molecule has 4 rings (SSSR count). The number of imide groups is 1. The number of ketones is 1. The fourth-order valence-electron chi connectivity index (χ4n) is 4.83. The minimum Gasteiger partial charge on any atom is -0.457 e. The number of halogens is 1. The lowest BCUT2D eigenvalue weighted by Gasteiger charge is -2.19. The van der Waals surface area contributed by atoms with Crippen LogP contribution in [0.2, 0.25) is 0 Å². The fraction of sp³-hybridized carbons (Fsp3) is 0.500. The first-order valence-corrected chi connectivity index (χ1v) is 10.0. The number of amides is 2. The van der Waals surface area contributed by atoms with E-state index in [0.717, 1.165) is 23.7 Å². The zero-order valence-electron chi connectivity index (χ0n) is 14.7. The van der Waals surface area contributed by atoms with Crippen LogP contribution in [0.25, 0.3) is 0 Å². The highest BCUT2D eigenvalue weighted by atomic mass is 79.9. The highest BCUT2D eigenvalue weighted by Gasteiger charge is 2.60. The number of rotatable bonds is 6. The van der Waals surface area contributed by atoms with E-state index in [1.54, 1.807) is 24.3 Å². The van der Waals surface area contributed by atoms with Gasteiger partial charge in [0.05, 0.1) is 18.3 Å². The van der Waals surface area contributed by atoms with Crippen LogP contribution in [0.3, 0.4) is 0 Å². The molecule has 7 heteroatoms. The normalized spacial score (nSPS) is 28.6. The Morgan fingerprint density at radius 1 is 1.04 bits per heavy atom. The highest BCUT2D eigenvalue weighted by Crippen LogP contribution is 2.56. The summed E-state index contributed by atoms with van der Waals surface area (Å²) in [5.74, 6) is -0.824. The Hall–Kier alpha value is -2.02. The summed E-state index contributed by atoms with van der Waals surface area (Å²) in [4.78, 5) is 50.4. The Morgan fingerprint density at radius 2 is 1.63 bits per heavy atom. The summed E-state index contributed by atoms with van der Waals surface area (Å²) in [7, 11) is 0. The van der Waals surface area contributed by atoms with E-state index in [4.69, 9.17) is 4.74 Å². The first kappa shape index (κ1) is 18.3.